The second kappa shape index (κ2) is 9.72. The third kappa shape index (κ3) is 4.86. The number of hydrogen-bond donors (Lipinski definition) is 1. The minimum atomic E-state index is -0.441. The molecule has 0 radical (unpaired) electrons. The number of nitriles is 1. The molecular formula is C28H18ClN3O3. The molecule has 5 aromatic rings. The van der Waals surface area contributed by atoms with Crippen molar-refractivity contribution in [2.24, 2.45) is 0 Å². The number of nitrogens with one attached hydrogen (secondary N) is 1. The highest BCUT2D eigenvalue weighted by Crippen LogP contribution is 2.26. The van der Waals surface area contributed by atoms with E-state index in [4.69, 9.17) is 20.8 Å². The van der Waals surface area contributed by atoms with E-state index in [1.54, 1.807) is 42.5 Å². The predicted octanol–water partition coefficient (Wildman–Crippen LogP) is 6.90. The number of carbonyl (C=O) groups is 1. The Labute approximate surface area is 206 Å². The summed E-state index contributed by atoms with van der Waals surface area (Å²) in [6.45, 7) is 0.0978. The van der Waals surface area contributed by atoms with E-state index >= 15 is 0 Å². The molecule has 3 aromatic carbocycles. The third-order valence-electron chi connectivity index (χ3n) is 5.40. The van der Waals surface area contributed by atoms with Crippen LogP contribution in [0.15, 0.2) is 89.3 Å². The monoisotopic (exact) mass is 479 g/mol. The van der Waals surface area contributed by atoms with Crippen molar-refractivity contribution >= 4 is 40.3 Å². The van der Waals surface area contributed by atoms with Crippen LogP contribution in [0.5, 0.6) is 0 Å². The van der Waals surface area contributed by atoms with E-state index in [2.05, 4.69) is 16.0 Å². The van der Waals surface area contributed by atoms with E-state index in [1.165, 1.54) is 0 Å². The summed E-state index contributed by atoms with van der Waals surface area (Å²) in [5, 5.41) is 10.2. The van der Waals surface area contributed by atoms with Crippen LogP contribution in [0.1, 0.15) is 27.5 Å². The number of hydrogen-bond acceptors (Lipinski definition) is 5. The lowest BCUT2D eigenvalue weighted by atomic mass is 10.1. The topological polar surface area (TPSA) is 91.9 Å². The van der Waals surface area contributed by atoms with Crippen molar-refractivity contribution in [1.29, 1.82) is 5.26 Å². The van der Waals surface area contributed by atoms with Crippen molar-refractivity contribution in [3.63, 3.8) is 0 Å². The number of rotatable bonds is 6. The zero-order chi connectivity index (χ0) is 24.2. The summed E-state index contributed by atoms with van der Waals surface area (Å²) in [6, 6.07) is 27.5. The summed E-state index contributed by atoms with van der Waals surface area (Å²) in [7, 11) is 0. The molecule has 0 bridgehead atoms. The number of carbonyl (C=O) groups excluding carboxylic acids is 1. The first-order valence-corrected chi connectivity index (χ1v) is 11.2. The zero-order valence-electron chi connectivity index (χ0n) is 18.4. The van der Waals surface area contributed by atoms with E-state index in [0.29, 0.717) is 33.5 Å². The lowest BCUT2D eigenvalue weighted by molar-refractivity contribution is 0.0473. The van der Waals surface area contributed by atoms with Crippen LogP contribution in [-0.2, 0) is 11.3 Å². The molecule has 170 valence electrons. The van der Waals surface area contributed by atoms with Gasteiger partial charge in [0.25, 0.3) is 0 Å². The highest BCUT2D eigenvalue weighted by atomic mass is 35.5. The molecule has 0 unspecified atom stereocenters. The number of esters is 1. The Hall–Kier alpha value is -4.60. The van der Waals surface area contributed by atoms with Crippen molar-refractivity contribution in [2.45, 2.75) is 6.61 Å². The molecule has 0 fully saturated rings. The van der Waals surface area contributed by atoms with Crippen LogP contribution in [0, 0.1) is 11.3 Å². The molecule has 7 heteroatoms. The Bertz CT molecular complexity index is 1560. The second-order valence-electron chi connectivity index (χ2n) is 7.72. The molecule has 0 aliphatic rings. The zero-order valence-corrected chi connectivity index (χ0v) is 19.1. The van der Waals surface area contributed by atoms with Gasteiger partial charge in [0.1, 0.15) is 30.0 Å². The number of para-hydroxylation sites is 2. The van der Waals surface area contributed by atoms with E-state index in [-0.39, 0.29) is 6.61 Å². The third-order valence-corrected chi connectivity index (χ3v) is 5.77. The van der Waals surface area contributed by atoms with Gasteiger partial charge in [0.2, 0.25) is 0 Å². The maximum Gasteiger partial charge on any atom is 0.338 e. The Kier molecular flexibility index (Phi) is 6.16. The van der Waals surface area contributed by atoms with Gasteiger partial charge >= 0.3 is 5.97 Å². The number of aromatic nitrogens is 2. The van der Waals surface area contributed by atoms with Crippen LogP contribution in [0.25, 0.3) is 34.0 Å². The molecule has 0 amide bonds. The standard InChI is InChI=1S/C28H18ClN3O3/c29-23-6-2-1-5-20(23)17-34-28(33)19-11-9-18(10-12-19)26-14-13-22(35-26)15-21(16-30)27-31-24-7-3-4-8-25(24)32-27/h1-15H,17H2,(H,31,32)/b21-15+. The Morgan fingerprint density at radius 3 is 2.57 bits per heavy atom. The highest BCUT2D eigenvalue weighted by molar-refractivity contribution is 6.31. The highest BCUT2D eigenvalue weighted by Gasteiger charge is 2.12. The lowest BCUT2D eigenvalue weighted by Crippen LogP contribution is -2.05. The SMILES string of the molecule is N#C/C(=C\c1ccc(-c2ccc(C(=O)OCc3ccccc3Cl)cc2)o1)c1nc2ccccc2[nH]1. The number of nitrogens with zero attached hydrogens (tertiary/aromatic N) is 2. The normalized spacial score (nSPS) is 11.4. The molecular weight excluding hydrogens is 462 g/mol. The summed E-state index contributed by atoms with van der Waals surface area (Å²) < 4.78 is 11.3. The number of aromatic amines is 1. The smallest absolute Gasteiger partial charge is 0.338 e. The first kappa shape index (κ1) is 22.2. The molecule has 1 N–H and O–H groups in total. The number of halogens is 1. The van der Waals surface area contributed by atoms with Gasteiger partial charge in [-0.2, -0.15) is 5.26 Å². The molecule has 0 saturated carbocycles. The molecule has 0 spiro atoms. The van der Waals surface area contributed by atoms with Gasteiger partial charge in [0.05, 0.1) is 22.2 Å². The summed E-state index contributed by atoms with van der Waals surface area (Å²) in [5.41, 5.74) is 3.95. The first-order chi connectivity index (χ1) is 17.1. The van der Waals surface area contributed by atoms with Crippen molar-refractivity contribution < 1.29 is 13.9 Å². The number of benzene rings is 3. The van der Waals surface area contributed by atoms with E-state index in [1.807, 2.05) is 48.5 Å². The van der Waals surface area contributed by atoms with Crippen LogP contribution in [-0.4, -0.2) is 15.9 Å². The molecule has 6 nitrogen and oxygen atoms in total. The van der Waals surface area contributed by atoms with Crippen molar-refractivity contribution in [3.8, 4) is 17.4 Å². The minimum Gasteiger partial charge on any atom is -0.457 e. The van der Waals surface area contributed by atoms with Crippen LogP contribution < -0.4 is 0 Å². The second-order valence-corrected chi connectivity index (χ2v) is 8.13. The van der Waals surface area contributed by atoms with Crippen LogP contribution in [0.4, 0.5) is 0 Å². The van der Waals surface area contributed by atoms with Gasteiger partial charge < -0.3 is 14.1 Å². The average Bonchev–Trinajstić information content (AvgIpc) is 3.54. The number of ether oxygens (including phenoxy) is 1. The molecule has 2 aromatic heterocycles. The maximum absolute atomic E-state index is 12.4. The Balaban J connectivity index is 1.29. The first-order valence-electron chi connectivity index (χ1n) is 10.8. The lowest BCUT2D eigenvalue weighted by Gasteiger charge is -2.07. The molecule has 35 heavy (non-hydrogen) atoms. The van der Waals surface area contributed by atoms with E-state index in [9.17, 15) is 10.1 Å². The molecule has 0 aliphatic carbocycles. The largest absolute Gasteiger partial charge is 0.457 e. The number of allylic oxidation sites excluding steroid dienone is 1. The summed E-state index contributed by atoms with van der Waals surface area (Å²) in [4.78, 5) is 20.0. The van der Waals surface area contributed by atoms with Gasteiger partial charge in [-0.3, -0.25) is 0 Å². The van der Waals surface area contributed by atoms with Crippen molar-refractivity contribution in [1.82, 2.24) is 9.97 Å². The molecule has 0 atom stereocenters. The van der Waals surface area contributed by atoms with Crippen LogP contribution in [0.3, 0.4) is 0 Å². The van der Waals surface area contributed by atoms with Crippen molar-refractivity contribution in [2.75, 3.05) is 0 Å². The Morgan fingerprint density at radius 2 is 1.80 bits per heavy atom. The fourth-order valence-corrected chi connectivity index (χ4v) is 3.76. The summed E-state index contributed by atoms with van der Waals surface area (Å²) in [5.74, 6) is 1.16. The fourth-order valence-electron chi connectivity index (χ4n) is 3.57. The molecule has 2 heterocycles. The minimum absolute atomic E-state index is 0.0978. The van der Waals surface area contributed by atoms with Gasteiger partial charge in [0, 0.05) is 22.2 Å². The molecule has 0 saturated heterocycles. The van der Waals surface area contributed by atoms with Gasteiger partial charge in [0.15, 0.2) is 0 Å². The van der Waals surface area contributed by atoms with Gasteiger partial charge in [-0.15, -0.1) is 0 Å². The Morgan fingerprint density at radius 1 is 1.03 bits per heavy atom. The van der Waals surface area contributed by atoms with E-state index < -0.39 is 5.97 Å². The summed E-state index contributed by atoms with van der Waals surface area (Å²) in [6.07, 6.45) is 1.64. The van der Waals surface area contributed by atoms with Crippen LogP contribution >= 0.6 is 11.6 Å². The average molecular weight is 480 g/mol. The number of fused-ring (bicyclic) bond motifs is 1. The fraction of sp³-hybridized carbons (Fsp3) is 0.0357. The van der Waals surface area contributed by atoms with Gasteiger partial charge in [-0.25, -0.2) is 9.78 Å². The number of furan rings is 1. The van der Waals surface area contributed by atoms with Crippen molar-refractivity contribution in [3.05, 3.63) is 113 Å². The van der Waals surface area contributed by atoms with Gasteiger partial charge in [-0.1, -0.05) is 54.1 Å². The maximum atomic E-state index is 12.4. The molecule has 0 aliphatic heterocycles. The van der Waals surface area contributed by atoms with Gasteiger partial charge in [-0.05, 0) is 42.5 Å². The number of H-pyrrole nitrogens is 1. The predicted molar refractivity (Wildman–Crippen MR) is 134 cm³/mol. The summed E-state index contributed by atoms with van der Waals surface area (Å²) >= 11 is 6.11. The molecule has 5 rings (SSSR count). The van der Waals surface area contributed by atoms with Crippen LogP contribution in [0.2, 0.25) is 5.02 Å². The van der Waals surface area contributed by atoms with E-state index in [0.717, 1.165) is 22.2 Å². The quantitative estimate of drug-likeness (QED) is 0.211. The number of imidazole rings is 1.